The second-order valence-electron chi connectivity index (χ2n) is 7.50. The summed E-state index contributed by atoms with van der Waals surface area (Å²) in [6.07, 6.45) is 2.81. The van der Waals surface area contributed by atoms with Crippen LogP contribution in [0.5, 0.6) is 0 Å². The van der Waals surface area contributed by atoms with Crippen molar-refractivity contribution in [2.24, 2.45) is 4.99 Å². The Morgan fingerprint density at radius 3 is 2.57 bits per heavy atom. The van der Waals surface area contributed by atoms with E-state index in [0.29, 0.717) is 23.5 Å². The molecular formula is C22H25N3O3S2. The lowest BCUT2D eigenvalue weighted by atomic mass is 10.1. The van der Waals surface area contributed by atoms with Gasteiger partial charge in [-0.1, -0.05) is 29.9 Å². The average Bonchev–Trinajstić information content (AvgIpc) is 3.10. The minimum absolute atomic E-state index is 0.00231. The molecule has 1 aromatic heterocycles. The van der Waals surface area contributed by atoms with Crippen molar-refractivity contribution in [2.75, 3.05) is 6.54 Å². The van der Waals surface area contributed by atoms with Gasteiger partial charge in [0.25, 0.3) is 5.91 Å². The van der Waals surface area contributed by atoms with E-state index in [0.717, 1.165) is 29.5 Å². The summed E-state index contributed by atoms with van der Waals surface area (Å²) < 4.78 is 30.6. The van der Waals surface area contributed by atoms with E-state index in [1.165, 1.54) is 23.5 Å². The SMILES string of the molecule is CCn1c(=NC(=O)c2ccc(S(=O)(=O)N3CCCCC3C)cc2)sc2ccccc21. The van der Waals surface area contributed by atoms with E-state index in [4.69, 9.17) is 0 Å². The van der Waals surface area contributed by atoms with E-state index in [1.807, 2.05) is 42.7 Å². The Bertz CT molecular complexity index is 1240. The molecule has 2 heterocycles. The second-order valence-corrected chi connectivity index (χ2v) is 10.4. The Morgan fingerprint density at radius 2 is 1.87 bits per heavy atom. The molecule has 0 radical (unpaired) electrons. The van der Waals surface area contributed by atoms with Crippen molar-refractivity contribution in [3.05, 3.63) is 58.9 Å². The first-order valence-electron chi connectivity index (χ1n) is 10.2. The molecule has 4 rings (SSSR count). The maximum Gasteiger partial charge on any atom is 0.279 e. The lowest BCUT2D eigenvalue weighted by Gasteiger charge is -2.32. The minimum Gasteiger partial charge on any atom is -0.317 e. The van der Waals surface area contributed by atoms with Crippen molar-refractivity contribution < 1.29 is 13.2 Å². The number of thiazole rings is 1. The third-order valence-corrected chi connectivity index (χ3v) is 8.64. The van der Waals surface area contributed by atoms with Crippen LogP contribution in [0.2, 0.25) is 0 Å². The summed E-state index contributed by atoms with van der Waals surface area (Å²) in [5.74, 6) is -0.376. The van der Waals surface area contributed by atoms with Gasteiger partial charge in [-0.3, -0.25) is 4.79 Å². The number of fused-ring (bicyclic) bond motifs is 1. The molecule has 1 amide bonds. The van der Waals surface area contributed by atoms with Gasteiger partial charge in [-0.15, -0.1) is 0 Å². The van der Waals surface area contributed by atoms with Crippen molar-refractivity contribution in [1.29, 1.82) is 0 Å². The summed E-state index contributed by atoms with van der Waals surface area (Å²) in [5.41, 5.74) is 1.43. The van der Waals surface area contributed by atoms with Crippen molar-refractivity contribution >= 4 is 37.5 Å². The first kappa shape index (κ1) is 21.0. The molecule has 158 valence electrons. The molecule has 0 aliphatic carbocycles. The molecular weight excluding hydrogens is 418 g/mol. The highest BCUT2D eigenvalue weighted by Gasteiger charge is 2.30. The molecule has 0 spiro atoms. The Hall–Kier alpha value is -2.29. The number of benzene rings is 2. The summed E-state index contributed by atoms with van der Waals surface area (Å²) in [6.45, 7) is 5.22. The van der Waals surface area contributed by atoms with Gasteiger partial charge in [0.05, 0.1) is 15.1 Å². The fourth-order valence-corrected chi connectivity index (χ4v) is 6.69. The van der Waals surface area contributed by atoms with E-state index in [-0.39, 0.29) is 16.8 Å². The first-order chi connectivity index (χ1) is 14.4. The molecule has 1 unspecified atom stereocenters. The zero-order valence-corrected chi connectivity index (χ0v) is 18.7. The zero-order valence-electron chi connectivity index (χ0n) is 17.1. The lowest BCUT2D eigenvalue weighted by molar-refractivity contribution is 0.0997. The van der Waals surface area contributed by atoms with E-state index in [1.54, 1.807) is 16.4 Å². The molecule has 0 saturated carbocycles. The molecule has 2 aromatic carbocycles. The number of carbonyl (C=O) groups excluding carboxylic acids is 1. The van der Waals surface area contributed by atoms with Crippen LogP contribution in [0.3, 0.4) is 0 Å². The molecule has 30 heavy (non-hydrogen) atoms. The van der Waals surface area contributed by atoms with Gasteiger partial charge in [-0.25, -0.2) is 8.42 Å². The maximum atomic E-state index is 13.0. The first-order valence-corrected chi connectivity index (χ1v) is 12.5. The fourth-order valence-electron chi connectivity index (χ4n) is 3.90. The van der Waals surface area contributed by atoms with Crippen LogP contribution < -0.4 is 4.80 Å². The van der Waals surface area contributed by atoms with Crippen LogP contribution in [0.1, 0.15) is 43.5 Å². The summed E-state index contributed by atoms with van der Waals surface area (Å²) in [6, 6.07) is 14.1. The van der Waals surface area contributed by atoms with Crippen LogP contribution in [0.4, 0.5) is 0 Å². The van der Waals surface area contributed by atoms with E-state index < -0.39 is 10.0 Å². The number of para-hydroxylation sites is 1. The number of carbonyl (C=O) groups is 1. The number of aryl methyl sites for hydroxylation is 1. The molecule has 1 saturated heterocycles. The van der Waals surface area contributed by atoms with Gasteiger partial charge in [0.2, 0.25) is 10.0 Å². The quantitative estimate of drug-likeness (QED) is 0.611. The molecule has 1 atom stereocenters. The van der Waals surface area contributed by atoms with E-state index in [9.17, 15) is 13.2 Å². The third kappa shape index (κ3) is 3.87. The van der Waals surface area contributed by atoms with Gasteiger partial charge in [-0.2, -0.15) is 9.30 Å². The van der Waals surface area contributed by atoms with Crippen LogP contribution in [0.15, 0.2) is 58.4 Å². The van der Waals surface area contributed by atoms with Crippen molar-refractivity contribution in [3.63, 3.8) is 0 Å². The highest BCUT2D eigenvalue weighted by atomic mass is 32.2. The molecule has 1 fully saturated rings. The normalized spacial score (nSPS) is 18.7. The summed E-state index contributed by atoms with van der Waals surface area (Å²) in [4.78, 5) is 17.9. The lowest BCUT2D eigenvalue weighted by Crippen LogP contribution is -2.41. The number of nitrogens with zero attached hydrogens (tertiary/aromatic N) is 3. The zero-order chi connectivity index (χ0) is 21.3. The molecule has 8 heteroatoms. The topological polar surface area (TPSA) is 71.7 Å². The number of hydrogen-bond donors (Lipinski definition) is 0. The second kappa shape index (κ2) is 8.45. The number of amides is 1. The van der Waals surface area contributed by atoms with Crippen LogP contribution in [0.25, 0.3) is 10.2 Å². The maximum absolute atomic E-state index is 13.0. The number of aromatic nitrogens is 1. The molecule has 1 aliphatic heterocycles. The highest BCUT2D eigenvalue weighted by Crippen LogP contribution is 2.25. The van der Waals surface area contributed by atoms with Gasteiger partial charge in [-0.05, 0) is 63.1 Å². The van der Waals surface area contributed by atoms with Crippen LogP contribution >= 0.6 is 11.3 Å². The molecule has 6 nitrogen and oxygen atoms in total. The number of piperidine rings is 1. The van der Waals surface area contributed by atoms with Crippen LogP contribution in [0, 0.1) is 0 Å². The van der Waals surface area contributed by atoms with Gasteiger partial charge in [0.1, 0.15) is 0 Å². The molecule has 0 bridgehead atoms. The molecule has 1 aliphatic rings. The Kier molecular flexibility index (Phi) is 5.90. The Balaban J connectivity index is 1.63. The smallest absolute Gasteiger partial charge is 0.279 e. The minimum atomic E-state index is -3.55. The summed E-state index contributed by atoms with van der Waals surface area (Å²) in [7, 11) is -3.55. The molecule has 0 N–H and O–H groups in total. The highest BCUT2D eigenvalue weighted by molar-refractivity contribution is 7.89. The van der Waals surface area contributed by atoms with Gasteiger partial charge < -0.3 is 4.57 Å². The molecule has 3 aromatic rings. The van der Waals surface area contributed by atoms with E-state index >= 15 is 0 Å². The monoisotopic (exact) mass is 443 g/mol. The van der Waals surface area contributed by atoms with Crippen LogP contribution in [-0.2, 0) is 16.6 Å². The van der Waals surface area contributed by atoms with Crippen molar-refractivity contribution in [1.82, 2.24) is 8.87 Å². The number of rotatable bonds is 4. The number of hydrogen-bond acceptors (Lipinski definition) is 4. The van der Waals surface area contributed by atoms with Crippen molar-refractivity contribution in [3.8, 4) is 0 Å². The largest absolute Gasteiger partial charge is 0.317 e. The van der Waals surface area contributed by atoms with E-state index in [2.05, 4.69) is 4.99 Å². The fraction of sp³-hybridized carbons (Fsp3) is 0.364. The van der Waals surface area contributed by atoms with Crippen molar-refractivity contribution in [2.45, 2.75) is 50.6 Å². The third-order valence-electron chi connectivity index (χ3n) is 5.55. The predicted octanol–water partition coefficient (Wildman–Crippen LogP) is 4.03. The Morgan fingerprint density at radius 1 is 1.13 bits per heavy atom. The average molecular weight is 444 g/mol. The summed E-state index contributed by atoms with van der Waals surface area (Å²) in [5, 5.41) is 0. The van der Waals surface area contributed by atoms with Crippen LogP contribution in [-0.4, -0.2) is 35.8 Å². The van der Waals surface area contributed by atoms with Gasteiger partial charge in [0, 0.05) is 24.7 Å². The number of sulfonamides is 1. The predicted molar refractivity (Wildman–Crippen MR) is 119 cm³/mol. The van der Waals surface area contributed by atoms with Gasteiger partial charge >= 0.3 is 0 Å². The summed E-state index contributed by atoms with van der Waals surface area (Å²) >= 11 is 1.47. The van der Waals surface area contributed by atoms with Gasteiger partial charge in [0.15, 0.2) is 4.80 Å². The Labute approximate surface area is 180 Å². The standard InChI is InChI=1S/C22H25N3O3S2/c1-3-24-19-9-4-5-10-20(19)29-22(24)23-21(26)17-11-13-18(14-12-17)30(27,28)25-15-7-6-8-16(25)2/h4-5,9-14,16H,3,6-8,15H2,1-2H3.